The number of amides is 1. The number of nitrogens with one attached hydrogen (secondary N) is 1. The molecule has 7 nitrogen and oxygen atoms in total. The molecule has 1 heterocycles. The number of carbonyl (C=O) groups is 1. The van der Waals surface area contributed by atoms with Crippen LogP contribution in [-0.4, -0.2) is 62.9 Å². The van der Waals surface area contributed by atoms with Gasteiger partial charge in [-0.1, -0.05) is 38.1 Å². The van der Waals surface area contributed by atoms with Gasteiger partial charge >= 0.3 is 0 Å². The van der Waals surface area contributed by atoms with E-state index in [-0.39, 0.29) is 16.8 Å². The average Bonchev–Trinajstić information content (AvgIpc) is 2.81. The third-order valence-corrected chi connectivity index (χ3v) is 8.47. The maximum Gasteiger partial charge on any atom is 0.251 e. The third-order valence-electron chi connectivity index (χ3n) is 6.28. The first-order chi connectivity index (χ1) is 15.8. The lowest BCUT2D eigenvalue weighted by Crippen LogP contribution is -2.44. The van der Waals surface area contributed by atoms with Crippen LogP contribution in [0.25, 0.3) is 0 Å². The quantitative estimate of drug-likeness (QED) is 0.604. The average molecular weight is 474 g/mol. The lowest BCUT2D eigenvalue weighted by Gasteiger charge is -2.32. The van der Waals surface area contributed by atoms with Gasteiger partial charge in [0.15, 0.2) is 0 Å². The predicted molar refractivity (Wildman–Crippen MR) is 130 cm³/mol. The normalized spacial score (nSPS) is 15.5. The van der Waals surface area contributed by atoms with Gasteiger partial charge in [-0.3, -0.25) is 9.69 Å². The van der Waals surface area contributed by atoms with E-state index in [9.17, 15) is 13.2 Å². The number of hydrogen-bond acceptors (Lipinski definition) is 5. The Morgan fingerprint density at radius 1 is 1.12 bits per heavy atom. The predicted octanol–water partition coefficient (Wildman–Crippen LogP) is 3.43. The van der Waals surface area contributed by atoms with E-state index in [4.69, 9.17) is 4.74 Å². The molecule has 2 aromatic carbocycles. The molecule has 1 amide bonds. The van der Waals surface area contributed by atoms with Crippen molar-refractivity contribution in [3.05, 3.63) is 59.2 Å². The topological polar surface area (TPSA) is 79.0 Å². The van der Waals surface area contributed by atoms with Gasteiger partial charge in [0.2, 0.25) is 10.0 Å². The summed E-state index contributed by atoms with van der Waals surface area (Å²) in [6.45, 7) is 8.73. The third kappa shape index (κ3) is 5.93. The van der Waals surface area contributed by atoms with E-state index < -0.39 is 10.0 Å². The minimum atomic E-state index is -3.63. The van der Waals surface area contributed by atoms with Crippen molar-refractivity contribution in [2.75, 3.05) is 33.3 Å². The number of para-hydroxylation sites is 1. The number of piperidine rings is 1. The van der Waals surface area contributed by atoms with Crippen LogP contribution in [-0.2, 0) is 16.6 Å². The molecule has 1 N–H and O–H groups in total. The smallest absolute Gasteiger partial charge is 0.251 e. The van der Waals surface area contributed by atoms with E-state index in [0.29, 0.717) is 24.2 Å². The molecule has 1 saturated heterocycles. The van der Waals surface area contributed by atoms with Crippen LogP contribution in [0.5, 0.6) is 5.75 Å². The molecule has 0 aliphatic carbocycles. The van der Waals surface area contributed by atoms with Crippen molar-refractivity contribution in [1.82, 2.24) is 14.5 Å². The second kappa shape index (κ2) is 11.1. The molecule has 1 fully saturated rings. The summed E-state index contributed by atoms with van der Waals surface area (Å²) in [5.41, 5.74) is 2.18. The molecular formula is C25H35N3O4S. The number of sulfonamides is 1. The molecule has 1 aliphatic rings. The summed E-state index contributed by atoms with van der Waals surface area (Å²) in [7, 11) is -1.94. The lowest BCUT2D eigenvalue weighted by molar-refractivity contribution is 0.0908. The Labute approximate surface area is 197 Å². The van der Waals surface area contributed by atoms with Crippen molar-refractivity contribution in [1.29, 1.82) is 0 Å². The summed E-state index contributed by atoms with van der Waals surface area (Å²) in [5.74, 6) is 0.664. The number of nitrogens with zero attached hydrogens (tertiary/aromatic N) is 2. The Hall–Kier alpha value is -2.42. The number of ether oxygens (including phenoxy) is 1. The number of benzene rings is 2. The number of hydrogen-bond donors (Lipinski definition) is 1. The molecule has 0 bridgehead atoms. The van der Waals surface area contributed by atoms with Gasteiger partial charge in [-0.15, -0.1) is 0 Å². The molecule has 0 unspecified atom stereocenters. The molecule has 0 spiro atoms. The fourth-order valence-corrected chi connectivity index (χ4v) is 6.01. The number of rotatable bonds is 9. The van der Waals surface area contributed by atoms with Crippen LogP contribution >= 0.6 is 0 Å². The Balaban J connectivity index is 1.62. The maximum absolute atomic E-state index is 13.0. The largest absolute Gasteiger partial charge is 0.496 e. The van der Waals surface area contributed by atoms with Crippen LogP contribution in [0.3, 0.4) is 0 Å². The summed E-state index contributed by atoms with van der Waals surface area (Å²) in [6.07, 6.45) is 1.69. The Morgan fingerprint density at radius 3 is 2.42 bits per heavy atom. The first-order valence-corrected chi connectivity index (χ1v) is 13.0. The molecule has 0 radical (unpaired) electrons. The van der Waals surface area contributed by atoms with Gasteiger partial charge in [0.1, 0.15) is 5.75 Å². The summed E-state index contributed by atoms with van der Waals surface area (Å²) in [4.78, 5) is 15.5. The van der Waals surface area contributed by atoms with Gasteiger partial charge in [0.25, 0.3) is 5.91 Å². The van der Waals surface area contributed by atoms with E-state index in [1.54, 1.807) is 26.2 Å². The fraction of sp³-hybridized carbons (Fsp3) is 0.480. The van der Waals surface area contributed by atoms with Crippen LogP contribution in [0.2, 0.25) is 0 Å². The summed E-state index contributed by atoms with van der Waals surface area (Å²) in [5, 5.41) is 3.10. The van der Waals surface area contributed by atoms with Crippen LogP contribution in [0.1, 0.15) is 48.2 Å². The minimum absolute atomic E-state index is 0.0653. The highest BCUT2D eigenvalue weighted by molar-refractivity contribution is 7.89. The van der Waals surface area contributed by atoms with Crippen LogP contribution < -0.4 is 10.1 Å². The zero-order valence-electron chi connectivity index (χ0n) is 20.0. The highest BCUT2D eigenvalue weighted by atomic mass is 32.2. The van der Waals surface area contributed by atoms with Gasteiger partial charge in [-0.2, -0.15) is 4.31 Å². The van der Waals surface area contributed by atoms with E-state index in [1.807, 2.05) is 32.0 Å². The Morgan fingerprint density at radius 2 is 1.79 bits per heavy atom. The van der Waals surface area contributed by atoms with E-state index in [1.165, 1.54) is 10.4 Å². The fourth-order valence-electron chi connectivity index (χ4n) is 4.30. The number of likely N-dealkylation sites (tertiary alicyclic amines) is 1. The van der Waals surface area contributed by atoms with Crippen molar-refractivity contribution in [3.8, 4) is 5.75 Å². The van der Waals surface area contributed by atoms with Gasteiger partial charge in [-0.05, 0) is 43.5 Å². The first kappa shape index (κ1) is 25.2. The number of carbonyl (C=O) groups excluding carboxylic acids is 1. The van der Waals surface area contributed by atoms with Crippen molar-refractivity contribution >= 4 is 15.9 Å². The standard InChI is InChI=1S/C25H35N3O4S/c1-5-28(6-2)33(30,31)24-17-20(12-11-19(24)3)25(29)26-22-13-15-27(16-14-22)18-21-9-7-8-10-23(21)32-4/h7-12,17,22H,5-6,13-16,18H2,1-4H3,(H,26,29). The molecule has 0 atom stereocenters. The Bertz CT molecular complexity index is 1060. The molecule has 33 heavy (non-hydrogen) atoms. The second-order valence-corrected chi connectivity index (χ2v) is 10.3. The highest BCUT2D eigenvalue weighted by Crippen LogP contribution is 2.23. The van der Waals surface area contributed by atoms with Crippen molar-refractivity contribution in [2.45, 2.75) is 51.1 Å². The van der Waals surface area contributed by atoms with Crippen LogP contribution in [0.4, 0.5) is 0 Å². The summed E-state index contributed by atoms with van der Waals surface area (Å²) >= 11 is 0. The minimum Gasteiger partial charge on any atom is -0.496 e. The summed E-state index contributed by atoms with van der Waals surface area (Å²) < 4.78 is 32.8. The van der Waals surface area contributed by atoms with E-state index in [0.717, 1.165) is 43.8 Å². The first-order valence-electron chi connectivity index (χ1n) is 11.6. The van der Waals surface area contributed by atoms with Gasteiger partial charge in [-0.25, -0.2) is 8.42 Å². The van der Waals surface area contributed by atoms with Crippen LogP contribution in [0, 0.1) is 6.92 Å². The molecule has 0 saturated carbocycles. The molecule has 2 aromatic rings. The number of aryl methyl sites for hydroxylation is 1. The zero-order valence-corrected chi connectivity index (χ0v) is 20.8. The van der Waals surface area contributed by atoms with Crippen molar-refractivity contribution in [3.63, 3.8) is 0 Å². The zero-order chi connectivity index (χ0) is 24.0. The van der Waals surface area contributed by atoms with Gasteiger partial charge in [0, 0.05) is 49.9 Å². The monoisotopic (exact) mass is 473 g/mol. The van der Waals surface area contributed by atoms with Crippen LogP contribution in [0.15, 0.2) is 47.4 Å². The second-order valence-electron chi connectivity index (χ2n) is 8.41. The number of methoxy groups -OCH3 is 1. The molecule has 1 aliphatic heterocycles. The molecule has 3 rings (SSSR count). The summed E-state index contributed by atoms with van der Waals surface area (Å²) in [6, 6.07) is 13.0. The molecule has 8 heteroatoms. The lowest BCUT2D eigenvalue weighted by atomic mass is 10.0. The van der Waals surface area contributed by atoms with Crippen molar-refractivity contribution in [2.24, 2.45) is 0 Å². The maximum atomic E-state index is 13.0. The molecule has 0 aromatic heterocycles. The van der Waals surface area contributed by atoms with E-state index >= 15 is 0 Å². The molecule has 180 valence electrons. The molecular weight excluding hydrogens is 438 g/mol. The highest BCUT2D eigenvalue weighted by Gasteiger charge is 2.26. The SMILES string of the molecule is CCN(CC)S(=O)(=O)c1cc(C(=O)NC2CCN(Cc3ccccc3OC)CC2)ccc1C. The van der Waals surface area contributed by atoms with Gasteiger partial charge < -0.3 is 10.1 Å². The van der Waals surface area contributed by atoms with Gasteiger partial charge in [0.05, 0.1) is 12.0 Å². The Kier molecular flexibility index (Phi) is 8.51. The van der Waals surface area contributed by atoms with Crippen molar-refractivity contribution < 1.29 is 17.9 Å². The van der Waals surface area contributed by atoms with E-state index in [2.05, 4.69) is 16.3 Å².